The van der Waals surface area contributed by atoms with E-state index in [1.54, 1.807) is 0 Å². The smallest absolute Gasteiger partial charge is 0.307 e. The molecule has 1 amide bonds. The maximum absolute atomic E-state index is 12.5. The lowest BCUT2D eigenvalue weighted by Crippen LogP contribution is -2.43. The van der Waals surface area contributed by atoms with Gasteiger partial charge in [-0.25, -0.2) is 0 Å². The van der Waals surface area contributed by atoms with E-state index in [9.17, 15) is 9.59 Å². The van der Waals surface area contributed by atoms with E-state index in [1.807, 2.05) is 41.5 Å². The monoisotopic (exact) mass is 297 g/mol. The largest absolute Gasteiger partial charge is 0.460 e. The summed E-state index contributed by atoms with van der Waals surface area (Å²) in [5.41, 5.74) is -0.777. The van der Waals surface area contributed by atoms with E-state index in [2.05, 4.69) is 5.32 Å². The van der Waals surface area contributed by atoms with Crippen LogP contribution in [0.4, 0.5) is 0 Å². The van der Waals surface area contributed by atoms with Crippen LogP contribution in [0.5, 0.6) is 0 Å². The number of ether oxygens (including phenoxy) is 1. The fraction of sp³-hybridized carbons (Fsp3) is 0.882. The summed E-state index contributed by atoms with van der Waals surface area (Å²) in [6, 6.07) is 0.279. The molecule has 1 atom stereocenters. The predicted octanol–water partition coefficient (Wildman–Crippen LogP) is 3.44. The lowest BCUT2D eigenvalue weighted by Gasteiger charge is -2.31. The zero-order valence-corrected chi connectivity index (χ0v) is 14.4. The summed E-state index contributed by atoms with van der Waals surface area (Å²) in [5, 5.41) is 3.11. The Morgan fingerprint density at radius 2 is 1.62 bits per heavy atom. The second-order valence-corrected chi connectivity index (χ2v) is 8.20. The van der Waals surface area contributed by atoms with Gasteiger partial charge in [0.15, 0.2) is 0 Å². The van der Waals surface area contributed by atoms with E-state index in [4.69, 9.17) is 4.74 Å². The molecule has 1 rings (SSSR count). The molecule has 21 heavy (non-hydrogen) atoms. The maximum Gasteiger partial charge on any atom is 0.307 e. The molecule has 1 N–H and O–H groups in total. The first-order valence-corrected chi connectivity index (χ1v) is 8.01. The van der Waals surface area contributed by atoms with Crippen molar-refractivity contribution in [3.8, 4) is 0 Å². The number of hydrogen-bond donors (Lipinski definition) is 1. The molecule has 0 saturated heterocycles. The molecule has 0 unspecified atom stereocenters. The van der Waals surface area contributed by atoms with E-state index in [0.29, 0.717) is 0 Å². The Kier molecular flexibility index (Phi) is 5.83. The van der Waals surface area contributed by atoms with Crippen LogP contribution in [0.25, 0.3) is 0 Å². The van der Waals surface area contributed by atoms with Crippen molar-refractivity contribution in [3.05, 3.63) is 0 Å². The van der Waals surface area contributed by atoms with Gasteiger partial charge in [-0.1, -0.05) is 33.6 Å². The fourth-order valence-electron chi connectivity index (χ4n) is 2.71. The van der Waals surface area contributed by atoms with E-state index in [-0.39, 0.29) is 35.7 Å². The SMILES string of the molecule is CC(C)(C)OC(=O)C[C@H](C(=O)NC1CCCC1)C(C)(C)C. The van der Waals surface area contributed by atoms with Gasteiger partial charge in [-0.2, -0.15) is 0 Å². The highest BCUT2D eigenvalue weighted by molar-refractivity contribution is 5.84. The van der Waals surface area contributed by atoms with Gasteiger partial charge < -0.3 is 10.1 Å². The highest BCUT2D eigenvalue weighted by Crippen LogP contribution is 2.31. The summed E-state index contributed by atoms with van der Waals surface area (Å²) in [6.07, 6.45) is 4.60. The molecule has 0 aromatic rings. The Balaban J connectivity index is 2.67. The summed E-state index contributed by atoms with van der Waals surface area (Å²) in [4.78, 5) is 24.6. The second-order valence-electron chi connectivity index (χ2n) is 8.20. The Bertz CT molecular complexity index is 370. The van der Waals surface area contributed by atoms with E-state index in [1.165, 1.54) is 12.8 Å². The molecular weight excluding hydrogens is 266 g/mol. The molecule has 4 nitrogen and oxygen atoms in total. The van der Waals surface area contributed by atoms with E-state index < -0.39 is 5.60 Å². The second kappa shape index (κ2) is 6.80. The number of nitrogens with one attached hydrogen (secondary N) is 1. The van der Waals surface area contributed by atoms with Crippen LogP contribution in [0.3, 0.4) is 0 Å². The van der Waals surface area contributed by atoms with Crippen molar-refractivity contribution >= 4 is 11.9 Å². The van der Waals surface area contributed by atoms with Gasteiger partial charge in [-0.15, -0.1) is 0 Å². The third kappa shape index (κ3) is 6.49. The Morgan fingerprint density at radius 3 is 2.05 bits per heavy atom. The van der Waals surface area contributed by atoms with Crippen molar-refractivity contribution in [1.82, 2.24) is 5.32 Å². The first kappa shape index (κ1) is 18.0. The quantitative estimate of drug-likeness (QED) is 0.809. The van der Waals surface area contributed by atoms with Crippen LogP contribution in [0.2, 0.25) is 0 Å². The summed E-state index contributed by atoms with van der Waals surface area (Å²) >= 11 is 0. The molecule has 1 fully saturated rings. The number of rotatable bonds is 4. The third-order valence-corrected chi connectivity index (χ3v) is 3.85. The molecular formula is C17H31NO3. The number of amides is 1. The van der Waals surface area contributed by atoms with E-state index in [0.717, 1.165) is 12.8 Å². The summed E-state index contributed by atoms with van der Waals surface area (Å²) in [6.45, 7) is 11.5. The van der Waals surface area contributed by atoms with Gasteiger partial charge in [-0.3, -0.25) is 9.59 Å². The Labute approximate surface area is 129 Å². The maximum atomic E-state index is 12.5. The van der Waals surface area contributed by atoms with Gasteiger partial charge >= 0.3 is 5.97 Å². The summed E-state index contributed by atoms with van der Waals surface area (Å²) < 4.78 is 5.36. The molecule has 0 aromatic carbocycles. The van der Waals surface area contributed by atoms with Crippen molar-refractivity contribution in [3.63, 3.8) is 0 Å². The van der Waals surface area contributed by atoms with Crippen LogP contribution < -0.4 is 5.32 Å². The zero-order chi connectivity index (χ0) is 16.3. The fourth-order valence-corrected chi connectivity index (χ4v) is 2.71. The topological polar surface area (TPSA) is 55.4 Å². The van der Waals surface area contributed by atoms with Gasteiger partial charge in [0, 0.05) is 6.04 Å². The van der Waals surface area contributed by atoms with Crippen molar-refractivity contribution in [1.29, 1.82) is 0 Å². The van der Waals surface area contributed by atoms with Crippen molar-refractivity contribution in [2.24, 2.45) is 11.3 Å². The average Bonchev–Trinajstić information content (AvgIpc) is 2.74. The summed E-state index contributed by atoms with van der Waals surface area (Å²) in [7, 11) is 0. The number of hydrogen-bond acceptors (Lipinski definition) is 3. The van der Waals surface area contributed by atoms with Crippen molar-refractivity contribution in [2.75, 3.05) is 0 Å². The van der Waals surface area contributed by atoms with Crippen LogP contribution >= 0.6 is 0 Å². The minimum absolute atomic E-state index is 0.0136. The lowest BCUT2D eigenvalue weighted by atomic mass is 9.78. The molecule has 0 aliphatic heterocycles. The van der Waals surface area contributed by atoms with Gasteiger partial charge in [0.1, 0.15) is 5.60 Å². The Morgan fingerprint density at radius 1 is 1.10 bits per heavy atom. The molecule has 0 aromatic heterocycles. The molecule has 1 aliphatic carbocycles. The molecule has 122 valence electrons. The number of esters is 1. The normalized spacial score (nSPS) is 18.4. The number of carbonyl (C=O) groups is 2. The highest BCUT2D eigenvalue weighted by atomic mass is 16.6. The van der Waals surface area contributed by atoms with Gasteiger partial charge in [0.05, 0.1) is 12.3 Å². The first-order valence-electron chi connectivity index (χ1n) is 8.01. The molecule has 0 heterocycles. The van der Waals surface area contributed by atoms with Crippen molar-refractivity contribution < 1.29 is 14.3 Å². The molecule has 4 heteroatoms. The summed E-state index contributed by atoms with van der Waals surface area (Å²) in [5.74, 6) is -0.669. The molecule has 1 saturated carbocycles. The van der Waals surface area contributed by atoms with Gasteiger partial charge in [0.25, 0.3) is 0 Å². The highest BCUT2D eigenvalue weighted by Gasteiger charge is 2.35. The molecule has 0 bridgehead atoms. The zero-order valence-electron chi connectivity index (χ0n) is 14.4. The van der Waals surface area contributed by atoms with Crippen LogP contribution in [0, 0.1) is 11.3 Å². The predicted molar refractivity (Wildman–Crippen MR) is 83.8 cm³/mol. The Hall–Kier alpha value is -1.06. The number of carbonyl (C=O) groups excluding carboxylic acids is 2. The standard InChI is InChI=1S/C17H31NO3/c1-16(2,3)13(11-14(19)21-17(4,5)6)15(20)18-12-9-7-8-10-12/h12-13H,7-11H2,1-6H3,(H,18,20)/t13-/m1/s1. The van der Waals surface area contributed by atoms with Crippen LogP contribution in [-0.2, 0) is 14.3 Å². The lowest BCUT2D eigenvalue weighted by molar-refractivity contribution is -0.159. The minimum atomic E-state index is -0.512. The van der Waals surface area contributed by atoms with Crippen LogP contribution in [0.15, 0.2) is 0 Å². The van der Waals surface area contributed by atoms with Gasteiger partial charge in [-0.05, 0) is 39.0 Å². The third-order valence-electron chi connectivity index (χ3n) is 3.85. The van der Waals surface area contributed by atoms with Crippen LogP contribution in [-0.4, -0.2) is 23.5 Å². The van der Waals surface area contributed by atoms with E-state index >= 15 is 0 Å². The van der Waals surface area contributed by atoms with Crippen LogP contribution in [0.1, 0.15) is 73.6 Å². The molecule has 1 aliphatic rings. The molecule has 0 spiro atoms. The van der Waals surface area contributed by atoms with Gasteiger partial charge in [0.2, 0.25) is 5.91 Å². The average molecular weight is 297 g/mol. The molecule has 0 radical (unpaired) electrons. The first-order chi connectivity index (χ1) is 9.49. The van der Waals surface area contributed by atoms with Crippen molar-refractivity contribution in [2.45, 2.75) is 85.3 Å². The minimum Gasteiger partial charge on any atom is -0.460 e.